The number of hydrogen-bond donors (Lipinski definition) is 1. The van der Waals surface area contributed by atoms with Crippen LogP contribution in [0.3, 0.4) is 0 Å². The molecule has 0 saturated heterocycles. The Morgan fingerprint density at radius 2 is 1.62 bits per heavy atom. The predicted molar refractivity (Wildman–Crippen MR) is 93.0 cm³/mol. The van der Waals surface area contributed by atoms with Crippen molar-refractivity contribution in [1.82, 2.24) is 10.2 Å². The number of rotatable bonds is 5. The fourth-order valence-corrected chi connectivity index (χ4v) is 2.75. The molecule has 1 fully saturated rings. The molecule has 1 N–H and O–H groups in total. The first-order valence-electron chi connectivity index (χ1n) is 8.35. The lowest BCUT2D eigenvalue weighted by molar-refractivity contribution is -0.147. The summed E-state index contributed by atoms with van der Waals surface area (Å²) in [5.41, 5.74) is 2.03. The summed E-state index contributed by atoms with van der Waals surface area (Å²) in [6.45, 7) is 2.37. The molecule has 0 bridgehead atoms. The second-order valence-corrected chi connectivity index (χ2v) is 6.26. The van der Waals surface area contributed by atoms with Crippen molar-refractivity contribution in [3.05, 3.63) is 71.8 Å². The van der Waals surface area contributed by atoms with E-state index in [4.69, 9.17) is 0 Å². The van der Waals surface area contributed by atoms with Gasteiger partial charge >= 0.3 is 11.8 Å². The van der Waals surface area contributed by atoms with Gasteiger partial charge in [0.25, 0.3) is 0 Å². The minimum atomic E-state index is -0.533. The smallest absolute Gasteiger partial charge is 0.312 e. The Morgan fingerprint density at radius 3 is 2.21 bits per heavy atom. The molecule has 4 nitrogen and oxygen atoms in total. The van der Waals surface area contributed by atoms with E-state index in [1.807, 2.05) is 67.6 Å². The molecule has 1 aliphatic carbocycles. The van der Waals surface area contributed by atoms with Gasteiger partial charge in [0.15, 0.2) is 0 Å². The Morgan fingerprint density at radius 1 is 1.04 bits per heavy atom. The summed E-state index contributed by atoms with van der Waals surface area (Å²) >= 11 is 0. The summed E-state index contributed by atoms with van der Waals surface area (Å²) in [6.07, 6.45) is 1.94. The van der Waals surface area contributed by atoms with Crippen LogP contribution < -0.4 is 5.32 Å². The number of amides is 2. The van der Waals surface area contributed by atoms with Crippen LogP contribution in [-0.2, 0) is 16.1 Å². The van der Waals surface area contributed by atoms with E-state index in [1.165, 1.54) is 0 Å². The number of nitrogens with zero attached hydrogens (tertiary/aromatic N) is 1. The van der Waals surface area contributed by atoms with Gasteiger partial charge in [0.05, 0.1) is 6.04 Å². The Balaban J connectivity index is 1.65. The van der Waals surface area contributed by atoms with Gasteiger partial charge < -0.3 is 10.2 Å². The van der Waals surface area contributed by atoms with Gasteiger partial charge in [0, 0.05) is 12.6 Å². The Kier molecular flexibility index (Phi) is 4.94. The first kappa shape index (κ1) is 16.2. The first-order chi connectivity index (χ1) is 11.6. The standard InChI is InChI=1S/C20H22N2O2/c1-15(17-10-6-3-7-11-17)21-19(23)20(24)22(18-12-13-18)14-16-8-4-2-5-9-16/h2-11,15,18H,12-14H2,1H3,(H,21,23)/t15-/m1/s1. The zero-order valence-electron chi connectivity index (χ0n) is 13.8. The van der Waals surface area contributed by atoms with E-state index >= 15 is 0 Å². The molecule has 0 spiro atoms. The third-order valence-corrected chi connectivity index (χ3v) is 4.29. The fourth-order valence-electron chi connectivity index (χ4n) is 2.75. The summed E-state index contributed by atoms with van der Waals surface area (Å²) in [7, 11) is 0. The van der Waals surface area contributed by atoms with Gasteiger partial charge in [-0.2, -0.15) is 0 Å². The normalized spacial score (nSPS) is 14.7. The number of carbonyl (C=O) groups is 2. The lowest BCUT2D eigenvalue weighted by Crippen LogP contribution is -2.44. The van der Waals surface area contributed by atoms with Gasteiger partial charge in [-0.15, -0.1) is 0 Å². The van der Waals surface area contributed by atoms with E-state index in [0.29, 0.717) is 6.54 Å². The lowest BCUT2D eigenvalue weighted by Gasteiger charge is -2.23. The second kappa shape index (κ2) is 7.30. The maximum Gasteiger partial charge on any atom is 0.312 e. The topological polar surface area (TPSA) is 49.4 Å². The van der Waals surface area contributed by atoms with Crippen molar-refractivity contribution in [3.8, 4) is 0 Å². The largest absolute Gasteiger partial charge is 0.341 e. The molecule has 0 aromatic heterocycles. The van der Waals surface area contributed by atoms with Gasteiger partial charge in [-0.25, -0.2) is 0 Å². The Labute approximate surface area is 142 Å². The Hall–Kier alpha value is -2.62. The van der Waals surface area contributed by atoms with Crippen LogP contribution in [0.15, 0.2) is 60.7 Å². The second-order valence-electron chi connectivity index (χ2n) is 6.26. The summed E-state index contributed by atoms with van der Waals surface area (Å²) in [5, 5.41) is 2.81. The van der Waals surface area contributed by atoms with Gasteiger partial charge in [0.2, 0.25) is 0 Å². The van der Waals surface area contributed by atoms with Crippen LogP contribution in [-0.4, -0.2) is 22.8 Å². The number of nitrogens with one attached hydrogen (secondary N) is 1. The van der Waals surface area contributed by atoms with Gasteiger partial charge in [0.1, 0.15) is 0 Å². The van der Waals surface area contributed by atoms with Crippen LogP contribution in [0.4, 0.5) is 0 Å². The van der Waals surface area contributed by atoms with Crippen molar-refractivity contribution in [2.75, 3.05) is 0 Å². The van der Waals surface area contributed by atoms with Crippen LogP contribution in [0.2, 0.25) is 0 Å². The molecule has 1 aliphatic rings. The maximum absolute atomic E-state index is 12.6. The SMILES string of the molecule is C[C@@H](NC(=O)C(=O)N(Cc1ccccc1)C1CC1)c1ccccc1. The van der Waals surface area contributed by atoms with Crippen LogP contribution in [0.5, 0.6) is 0 Å². The molecular formula is C20H22N2O2. The molecule has 1 atom stereocenters. The van der Waals surface area contributed by atoms with Gasteiger partial charge in [-0.3, -0.25) is 9.59 Å². The first-order valence-corrected chi connectivity index (χ1v) is 8.35. The van der Waals surface area contributed by atoms with Crippen molar-refractivity contribution >= 4 is 11.8 Å². The third kappa shape index (κ3) is 4.02. The number of benzene rings is 2. The summed E-state index contributed by atoms with van der Waals surface area (Å²) in [6, 6.07) is 19.5. The molecule has 4 heteroatoms. The van der Waals surface area contributed by atoms with Gasteiger partial charge in [-0.05, 0) is 30.9 Å². The minimum absolute atomic E-state index is 0.190. The summed E-state index contributed by atoms with van der Waals surface area (Å²) < 4.78 is 0. The third-order valence-electron chi connectivity index (χ3n) is 4.29. The highest BCUT2D eigenvalue weighted by Gasteiger charge is 2.35. The Bertz CT molecular complexity index is 696. The maximum atomic E-state index is 12.6. The highest BCUT2D eigenvalue weighted by Crippen LogP contribution is 2.28. The molecule has 1 saturated carbocycles. The average Bonchev–Trinajstić information content (AvgIpc) is 3.45. The number of carbonyl (C=O) groups excluding carboxylic acids is 2. The van der Waals surface area contributed by atoms with E-state index < -0.39 is 11.8 Å². The molecule has 0 aliphatic heterocycles. The number of hydrogen-bond acceptors (Lipinski definition) is 2. The minimum Gasteiger partial charge on any atom is -0.341 e. The highest BCUT2D eigenvalue weighted by molar-refractivity contribution is 6.35. The van der Waals surface area contributed by atoms with Crippen molar-refractivity contribution in [2.45, 2.75) is 38.4 Å². The molecule has 24 heavy (non-hydrogen) atoms. The van der Waals surface area contributed by atoms with Crippen molar-refractivity contribution < 1.29 is 9.59 Å². The van der Waals surface area contributed by atoms with Crippen LogP contribution >= 0.6 is 0 Å². The van der Waals surface area contributed by atoms with Crippen molar-refractivity contribution in [3.63, 3.8) is 0 Å². The van der Waals surface area contributed by atoms with E-state index in [1.54, 1.807) is 4.90 Å². The highest BCUT2D eigenvalue weighted by atomic mass is 16.2. The van der Waals surface area contributed by atoms with Crippen LogP contribution in [0.1, 0.15) is 36.9 Å². The van der Waals surface area contributed by atoms with Crippen molar-refractivity contribution in [1.29, 1.82) is 0 Å². The van der Waals surface area contributed by atoms with Crippen LogP contribution in [0.25, 0.3) is 0 Å². The van der Waals surface area contributed by atoms with Crippen molar-refractivity contribution in [2.24, 2.45) is 0 Å². The van der Waals surface area contributed by atoms with E-state index in [-0.39, 0.29) is 12.1 Å². The molecule has 0 heterocycles. The lowest BCUT2D eigenvalue weighted by atomic mass is 10.1. The molecule has 2 aromatic rings. The monoisotopic (exact) mass is 322 g/mol. The van der Waals surface area contributed by atoms with E-state index in [9.17, 15) is 9.59 Å². The molecule has 3 rings (SSSR count). The molecular weight excluding hydrogens is 300 g/mol. The van der Waals surface area contributed by atoms with Gasteiger partial charge in [-0.1, -0.05) is 60.7 Å². The fraction of sp³-hybridized carbons (Fsp3) is 0.300. The van der Waals surface area contributed by atoms with E-state index in [2.05, 4.69) is 5.32 Å². The molecule has 0 unspecified atom stereocenters. The summed E-state index contributed by atoms with van der Waals surface area (Å²) in [5.74, 6) is -0.974. The molecule has 0 radical (unpaired) electrons. The summed E-state index contributed by atoms with van der Waals surface area (Å²) in [4.78, 5) is 26.7. The predicted octanol–water partition coefficient (Wildman–Crippen LogP) is 3.06. The zero-order chi connectivity index (χ0) is 16.9. The molecule has 2 aromatic carbocycles. The molecule has 2 amide bonds. The van der Waals surface area contributed by atoms with E-state index in [0.717, 1.165) is 24.0 Å². The average molecular weight is 322 g/mol. The zero-order valence-corrected chi connectivity index (χ0v) is 13.8. The van der Waals surface area contributed by atoms with Crippen LogP contribution in [0, 0.1) is 0 Å². The quantitative estimate of drug-likeness (QED) is 0.860. The molecule has 124 valence electrons.